The van der Waals surface area contributed by atoms with Crippen molar-refractivity contribution < 1.29 is 24.2 Å². The van der Waals surface area contributed by atoms with Gasteiger partial charge in [0, 0.05) is 38.5 Å². The van der Waals surface area contributed by atoms with Crippen molar-refractivity contribution in [2.75, 3.05) is 52.5 Å². The van der Waals surface area contributed by atoms with Crippen LogP contribution in [-0.4, -0.2) is 85.4 Å². The van der Waals surface area contributed by atoms with Crippen molar-refractivity contribution in [3.63, 3.8) is 0 Å². The predicted molar refractivity (Wildman–Crippen MR) is 261 cm³/mol. The van der Waals surface area contributed by atoms with Gasteiger partial charge in [-0.2, -0.15) is 0 Å². The summed E-state index contributed by atoms with van der Waals surface area (Å²) in [5.74, 6) is 1.01. The molecule has 0 aromatic rings. The van der Waals surface area contributed by atoms with E-state index in [2.05, 4.69) is 37.5 Å². The number of carbonyl (C=O) groups is 2. The van der Waals surface area contributed by atoms with Gasteiger partial charge < -0.3 is 19.5 Å². The average molecular weight is 863 g/mol. The molecule has 0 spiro atoms. The van der Waals surface area contributed by atoms with Crippen molar-refractivity contribution in [1.29, 1.82) is 0 Å². The van der Waals surface area contributed by atoms with Gasteiger partial charge in [-0.25, -0.2) is 0 Å². The van der Waals surface area contributed by atoms with Gasteiger partial charge in [0.05, 0.1) is 19.8 Å². The zero-order valence-electron chi connectivity index (χ0n) is 41.5. The Morgan fingerprint density at radius 3 is 1.25 bits per heavy atom. The van der Waals surface area contributed by atoms with Crippen LogP contribution in [0.25, 0.3) is 0 Å². The van der Waals surface area contributed by atoms with Gasteiger partial charge in [-0.3, -0.25) is 14.5 Å². The molecule has 1 rings (SSSR count). The van der Waals surface area contributed by atoms with Gasteiger partial charge >= 0.3 is 11.9 Å². The van der Waals surface area contributed by atoms with Crippen LogP contribution in [0.4, 0.5) is 0 Å². The molecule has 1 saturated carbocycles. The summed E-state index contributed by atoms with van der Waals surface area (Å²) in [6, 6.07) is 0.600. The van der Waals surface area contributed by atoms with Crippen LogP contribution in [-0.2, 0) is 19.1 Å². The topological polar surface area (TPSA) is 79.3 Å². The third kappa shape index (κ3) is 35.8. The Morgan fingerprint density at radius 2 is 0.836 bits per heavy atom. The van der Waals surface area contributed by atoms with E-state index in [4.69, 9.17) is 9.47 Å². The molecule has 2 atom stereocenters. The van der Waals surface area contributed by atoms with Crippen LogP contribution in [0, 0.1) is 11.8 Å². The predicted octanol–water partition coefficient (Wildman–Crippen LogP) is 14.8. The summed E-state index contributed by atoms with van der Waals surface area (Å²) < 4.78 is 11.8. The maximum absolute atomic E-state index is 12.8. The molecular formula is C54H106N2O5. The van der Waals surface area contributed by atoms with Crippen LogP contribution in [0.5, 0.6) is 0 Å². The molecule has 2 unspecified atom stereocenters. The van der Waals surface area contributed by atoms with Crippen molar-refractivity contribution in [2.24, 2.45) is 11.8 Å². The monoisotopic (exact) mass is 863 g/mol. The van der Waals surface area contributed by atoms with Gasteiger partial charge in [0.2, 0.25) is 0 Å². The SMILES string of the molecule is CCCCCCCCC(CCCCCC)COC(=O)CCCCCN(CCCCCC(=O)OCC(CCCCCC)CCCCCCCC)CCN(CCO)C1CCCCC1. The second-order valence-electron chi connectivity index (χ2n) is 19.4. The Hall–Kier alpha value is -1.18. The van der Waals surface area contributed by atoms with E-state index in [0.29, 0.717) is 43.9 Å². The summed E-state index contributed by atoms with van der Waals surface area (Å²) >= 11 is 0. The zero-order chi connectivity index (χ0) is 44.3. The van der Waals surface area contributed by atoms with Crippen molar-refractivity contribution in [2.45, 2.75) is 271 Å². The first-order valence-corrected chi connectivity index (χ1v) is 27.4. The van der Waals surface area contributed by atoms with Crippen molar-refractivity contribution in [3.05, 3.63) is 0 Å². The first-order chi connectivity index (χ1) is 30.0. The number of hydrogen-bond acceptors (Lipinski definition) is 7. The van der Waals surface area contributed by atoms with E-state index in [9.17, 15) is 14.7 Å². The summed E-state index contributed by atoms with van der Waals surface area (Å²) in [5.41, 5.74) is 0. The molecule has 362 valence electrons. The number of aliphatic hydroxyl groups excluding tert-OH is 1. The molecule has 0 aromatic carbocycles. The largest absolute Gasteiger partial charge is 0.465 e. The minimum absolute atomic E-state index is 0.00990. The summed E-state index contributed by atoms with van der Waals surface area (Å²) in [6.45, 7) is 15.4. The van der Waals surface area contributed by atoms with Gasteiger partial charge in [-0.15, -0.1) is 0 Å². The first kappa shape index (κ1) is 57.8. The Kier molecular flexibility index (Phi) is 41.8. The quantitative estimate of drug-likeness (QED) is 0.0482. The zero-order valence-corrected chi connectivity index (χ0v) is 41.5. The van der Waals surface area contributed by atoms with Gasteiger partial charge in [0.15, 0.2) is 0 Å². The van der Waals surface area contributed by atoms with Crippen LogP contribution < -0.4 is 0 Å². The lowest BCUT2D eigenvalue weighted by molar-refractivity contribution is -0.146. The van der Waals surface area contributed by atoms with Crippen molar-refractivity contribution in [3.8, 4) is 0 Å². The fourth-order valence-electron chi connectivity index (χ4n) is 9.55. The molecule has 7 heteroatoms. The number of hydrogen-bond donors (Lipinski definition) is 1. The Balaban J connectivity index is 2.54. The Bertz CT molecular complexity index is 884. The molecule has 0 saturated heterocycles. The molecule has 1 N–H and O–H groups in total. The van der Waals surface area contributed by atoms with Gasteiger partial charge in [-0.05, 0) is 89.1 Å². The van der Waals surface area contributed by atoms with E-state index < -0.39 is 0 Å². The molecule has 1 fully saturated rings. The number of esters is 2. The van der Waals surface area contributed by atoms with E-state index in [1.807, 2.05) is 0 Å². The highest BCUT2D eigenvalue weighted by atomic mass is 16.5. The van der Waals surface area contributed by atoms with E-state index in [1.54, 1.807) is 0 Å². The number of unbranched alkanes of at least 4 members (excludes halogenated alkanes) is 20. The molecule has 1 aliphatic rings. The standard InChI is InChI=1S/C54H106N2O5/c1-5-9-13-17-19-26-36-50(34-24-15-11-7-3)48-60-53(58)40-30-22-32-42-55(44-45-56(46-47-57)52-38-28-21-29-39-52)43-33-23-31-41-54(59)61-49-51(35-25-16-12-8-4)37-27-20-18-14-10-6-2/h50-52,57H,5-49H2,1-4H3. The van der Waals surface area contributed by atoms with Crippen LogP contribution in [0.15, 0.2) is 0 Å². The van der Waals surface area contributed by atoms with E-state index >= 15 is 0 Å². The van der Waals surface area contributed by atoms with Crippen LogP contribution in [0.2, 0.25) is 0 Å². The Morgan fingerprint density at radius 1 is 0.459 bits per heavy atom. The lowest BCUT2D eigenvalue weighted by Gasteiger charge is -2.35. The van der Waals surface area contributed by atoms with Crippen LogP contribution in [0.1, 0.15) is 265 Å². The summed E-state index contributed by atoms with van der Waals surface area (Å²) in [6.07, 6.45) is 44.3. The van der Waals surface area contributed by atoms with Crippen LogP contribution >= 0.6 is 0 Å². The normalized spacial score (nSPS) is 14.5. The van der Waals surface area contributed by atoms with Gasteiger partial charge in [0.25, 0.3) is 0 Å². The van der Waals surface area contributed by atoms with Crippen LogP contribution in [0.3, 0.4) is 0 Å². The smallest absolute Gasteiger partial charge is 0.305 e. The third-order valence-electron chi connectivity index (χ3n) is 13.7. The maximum atomic E-state index is 12.8. The number of rotatable bonds is 46. The molecule has 0 heterocycles. The second-order valence-corrected chi connectivity index (χ2v) is 19.4. The minimum Gasteiger partial charge on any atom is -0.465 e. The third-order valence-corrected chi connectivity index (χ3v) is 13.7. The minimum atomic E-state index is -0.00990. The number of carbonyl (C=O) groups excluding carboxylic acids is 2. The van der Waals surface area contributed by atoms with Gasteiger partial charge in [0.1, 0.15) is 0 Å². The van der Waals surface area contributed by atoms with Crippen molar-refractivity contribution in [1.82, 2.24) is 9.80 Å². The molecule has 0 bridgehead atoms. The fourth-order valence-corrected chi connectivity index (χ4v) is 9.55. The van der Waals surface area contributed by atoms with Gasteiger partial charge in [-0.1, -0.05) is 188 Å². The average Bonchev–Trinajstić information content (AvgIpc) is 3.27. The number of ether oxygens (including phenoxy) is 2. The lowest BCUT2D eigenvalue weighted by Crippen LogP contribution is -2.43. The summed E-state index contributed by atoms with van der Waals surface area (Å²) in [5, 5.41) is 9.89. The molecule has 0 amide bonds. The fraction of sp³-hybridized carbons (Fsp3) is 0.963. The first-order valence-electron chi connectivity index (χ1n) is 27.4. The lowest BCUT2D eigenvalue weighted by atomic mass is 9.94. The van der Waals surface area contributed by atoms with E-state index in [1.165, 1.54) is 186 Å². The molecule has 61 heavy (non-hydrogen) atoms. The summed E-state index contributed by atoms with van der Waals surface area (Å²) in [4.78, 5) is 30.8. The highest BCUT2D eigenvalue weighted by molar-refractivity contribution is 5.69. The number of aliphatic hydroxyl groups is 1. The number of nitrogens with zero attached hydrogens (tertiary/aromatic N) is 2. The summed E-state index contributed by atoms with van der Waals surface area (Å²) in [7, 11) is 0. The van der Waals surface area contributed by atoms with Crippen molar-refractivity contribution >= 4 is 11.9 Å². The highest BCUT2D eigenvalue weighted by Gasteiger charge is 2.21. The second kappa shape index (κ2) is 44.0. The highest BCUT2D eigenvalue weighted by Crippen LogP contribution is 2.24. The molecule has 0 radical (unpaired) electrons. The van der Waals surface area contributed by atoms with E-state index in [-0.39, 0.29) is 18.5 Å². The molecule has 0 aliphatic heterocycles. The Labute approximate surface area is 380 Å². The molecule has 7 nitrogen and oxygen atoms in total. The van der Waals surface area contributed by atoms with E-state index in [0.717, 1.165) is 71.2 Å². The molecular weight excluding hydrogens is 757 g/mol. The maximum Gasteiger partial charge on any atom is 0.305 e. The molecule has 1 aliphatic carbocycles. The molecule has 0 aromatic heterocycles.